The van der Waals surface area contributed by atoms with Crippen LogP contribution in [0.4, 0.5) is 5.69 Å². The number of amides is 1. The van der Waals surface area contributed by atoms with Crippen molar-refractivity contribution in [1.82, 2.24) is 0 Å². The lowest BCUT2D eigenvalue weighted by Crippen LogP contribution is -2.30. The number of methoxy groups -OCH3 is 3. The van der Waals surface area contributed by atoms with E-state index in [0.29, 0.717) is 33.5 Å². The van der Waals surface area contributed by atoms with Crippen LogP contribution in [0.1, 0.15) is 18.1 Å². The standard InChI is InChI=1S/C21H24ClNO6/c1-12-8-17(19(28-5)11-16(12)22)23-21(25)13(2)29-20(24)9-14-6-7-15(26-3)10-18(14)27-4/h6-8,10-11,13H,9H2,1-5H3,(H,23,25)/t13-/m0/s1. The molecule has 1 amide bonds. The molecule has 1 atom stereocenters. The molecule has 0 aliphatic carbocycles. The predicted octanol–water partition coefficient (Wildman–Crippen LogP) is 3.79. The Kier molecular flexibility index (Phi) is 7.73. The molecular weight excluding hydrogens is 398 g/mol. The Morgan fingerprint density at radius 2 is 1.72 bits per heavy atom. The SMILES string of the molecule is COc1ccc(CC(=O)O[C@@H](C)C(=O)Nc2cc(C)c(Cl)cc2OC)c(OC)c1. The maximum Gasteiger partial charge on any atom is 0.311 e. The Morgan fingerprint density at radius 3 is 2.34 bits per heavy atom. The molecule has 0 radical (unpaired) electrons. The molecule has 1 N–H and O–H groups in total. The third-order valence-electron chi connectivity index (χ3n) is 4.25. The third kappa shape index (κ3) is 5.77. The van der Waals surface area contributed by atoms with E-state index in [-0.39, 0.29) is 6.42 Å². The lowest BCUT2D eigenvalue weighted by Gasteiger charge is -2.16. The second-order valence-electron chi connectivity index (χ2n) is 6.28. The fraction of sp³-hybridized carbons (Fsp3) is 0.333. The normalized spacial score (nSPS) is 11.4. The summed E-state index contributed by atoms with van der Waals surface area (Å²) in [5, 5.41) is 3.22. The molecular formula is C21H24ClNO6. The van der Waals surface area contributed by atoms with E-state index < -0.39 is 18.0 Å². The van der Waals surface area contributed by atoms with E-state index in [1.165, 1.54) is 21.1 Å². The average Bonchev–Trinajstić information content (AvgIpc) is 2.70. The Hall–Kier alpha value is -2.93. The Bertz CT molecular complexity index is 899. The van der Waals surface area contributed by atoms with Gasteiger partial charge in [-0.1, -0.05) is 17.7 Å². The summed E-state index contributed by atoms with van der Waals surface area (Å²) < 4.78 is 20.9. The molecule has 7 nitrogen and oxygen atoms in total. The summed E-state index contributed by atoms with van der Waals surface area (Å²) in [5.74, 6) is 0.476. The number of hydrogen-bond acceptors (Lipinski definition) is 6. The van der Waals surface area contributed by atoms with Crippen LogP contribution in [0.5, 0.6) is 17.2 Å². The molecule has 0 aliphatic heterocycles. The van der Waals surface area contributed by atoms with Crippen molar-refractivity contribution in [3.63, 3.8) is 0 Å². The molecule has 0 saturated carbocycles. The molecule has 156 valence electrons. The zero-order chi connectivity index (χ0) is 21.6. The largest absolute Gasteiger partial charge is 0.497 e. The first-order valence-corrected chi connectivity index (χ1v) is 9.22. The number of aryl methyl sites for hydroxylation is 1. The molecule has 2 rings (SSSR count). The summed E-state index contributed by atoms with van der Waals surface area (Å²) in [4.78, 5) is 24.7. The molecule has 29 heavy (non-hydrogen) atoms. The third-order valence-corrected chi connectivity index (χ3v) is 4.65. The number of halogens is 1. The predicted molar refractivity (Wildman–Crippen MR) is 110 cm³/mol. The van der Waals surface area contributed by atoms with Gasteiger partial charge in [0, 0.05) is 22.7 Å². The minimum absolute atomic E-state index is 0.0475. The second-order valence-corrected chi connectivity index (χ2v) is 6.68. The lowest BCUT2D eigenvalue weighted by atomic mass is 10.1. The highest BCUT2D eigenvalue weighted by Gasteiger charge is 2.21. The highest BCUT2D eigenvalue weighted by Crippen LogP contribution is 2.31. The van der Waals surface area contributed by atoms with E-state index in [1.807, 2.05) is 6.92 Å². The zero-order valence-corrected chi connectivity index (χ0v) is 17.8. The molecule has 0 bridgehead atoms. The van der Waals surface area contributed by atoms with E-state index in [0.717, 1.165) is 5.56 Å². The Morgan fingerprint density at radius 1 is 1.03 bits per heavy atom. The first kappa shape index (κ1) is 22.4. The number of carbonyl (C=O) groups excluding carboxylic acids is 2. The molecule has 2 aromatic rings. The molecule has 0 aliphatic rings. The summed E-state index contributed by atoms with van der Waals surface area (Å²) in [6.07, 6.45) is -1.05. The number of rotatable bonds is 8. The van der Waals surface area contributed by atoms with Gasteiger partial charge in [-0.2, -0.15) is 0 Å². The van der Waals surface area contributed by atoms with E-state index >= 15 is 0 Å². The van der Waals surface area contributed by atoms with Gasteiger partial charge in [0.2, 0.25) is 0 Å². The monoisotopic (exact) mass is 421 g/mol. The Balaban J connectivity index is 2.03. The molecule has 8 heteroatoms. The van der Waals surface area contributed by atoms with Crippen molar-refractivity contribution >= 4 is 29.2 Å². The summed E-state index contributed by atoms with van der Waals surface area (Å²) in [5.41, 5.74) is 1.85. The van der Waals surface area contributed by atoms with Crippen LogP contribution in [0.2, 0.25) is 5.02 Å². The fourth-order valence-corrected chi connectivity index (χ4v) is 2.76. The highest BCUT2D eigenvalue weighted by molar-refractivity contribution is 6.31. The number of benzene rings is 2. The van der Waals surface area contributed by atoms with E-state index in [4.69, 9.17) is 30.5 Å². The number of hydrogen-bond donors (Lipinski definition) is 1. The van der Waals surface area contributed by atoms with E-state index in [2.05, 4.69) is 5.32 Å². The van der Waals surface area contributed by atoms with Crippen LogP contribution in [-0.4, -0.2) is 39.3 Å². The van der Waals surface area contributed by atoms with Crippen LogP contribution < -0.4 is 19.5 Å². The molecule has 0 heterocycles. The van der Waals surface area contributed by atoms with Crippen molar-refractivity contribution in [2.45, 2.75) is 26.4 Å². The van der Waals surface area contributed by atoms with Crippen molar-refractivity contribution in [2.24, 2.45) is 0 Å². The quantitative estimate of drug-likeness (QED) is 0.653. The summed E-state index contributed by atoms with van der Waals surface area (Å²) in [7, 11) is 4.52. The summed E-state index contributed by atoms with van der Waals surface area (Å²) in [6, 6.07) is 8.41. The van der Waals surface area contributed by atoms with Gasteiger partial charge in [-0.25, -0.2) is 0 Å². The maximum atomic E-state index is 12.5. The zero-order valence-electron chi connectivity index (χ0n) is 17.0. The molecule has 0 unspecified atom stereocenters. The van der Waals surface area contributed by atoms with Gasteiger partial charge in [-0.3, -0.25) is 9.59 Å². The first-order valence-electron chi connectivity index (χ1n) is 8.84. The van der Waals surface area contributed by atoms with E-state index in [1.54, 1.807) is 37.4 Å². The van der Waals surface area contributed by atoms with Crippen molar-refractivity contribution in [3.05, 3.63) is 46.5 Å². The van der Waals surface area contributed by atoms with Crippen LogP contribution >= 0.6 is 11.6 Å². The minimum atomic E-state index is -1.01. The summed E-state index contributed by atoms with van der Waals surface area (Å²) >= 11 is 6.07. The van der Waals surface area contributed by atoms with Crippen LogP contribution in [0.3, 0.4) is 0 Å². The molecule has 0 aromatic heterocycles. The van der Waals surface area contributed by atoms with Gasteiger partial charge in [0.15, 0.2) is 6.10 Å². The van der Waals surface area contributed by atoms with Crippen molar-refractivity contribution in [3.8, 4) is 17.2 Å². The van der Waals surface area contributed by atoms with Gasteiger partial charge in [-0.05, 0) is 31.5 Å². The first-order chi connectivity index (χ1) is 13.8. The van der Waals surface area contributed by atoms with Gasteiger partial charge in [0.05, 0.1) is 33.4 Å². The number of carbonyl (C=O) groups is 2. The van der Waals surface area contributed by atoms with Crippen LogP contribution in [-0.2, 0) is 20.7 Å². The molecule has 0 spiro atoms. The summed E-state index contributed by atoms with van der Waals surface area (Å²) in [6.45, 7) is 3.30. The van der Waals surface area contributed by atoms with E-state index in [9.17, 15) is 9.59 Å². The molecule has 2 aromatic carbocycles. The van der Waals surface area contributed by atoms with Crippen LogP contribution in [0.25, 0.3) is 0 Å². The average molecular weight is 422 g/mol. The highest BCUT2D eigenvalue weighted by atomic mass is 35.5. The minimum Gasteiger partial charge on any atom is -0.497 e. The molecule has 0 fully saturated rings. The van der Waals surface area contributed by atoms with Crippen LogP contribution in [0.15, 0.2) is 30.3 Å². The lowest BCUT2D eigenvalue weighted by molar-refractivity contribution is -0.152. The van der Waals surface area contributed by atoms with Gasteiger partial charge >= 0.3 is 5.97 Å². The van der Waals surface area contributed by atoms with Gasteiger partial charge in [-0.15, -0.1) is 0 Å². The van der Waals surface area contributed by atoms with Crippen LogP contribution in [0, 0.1) is 6.92 Å². The van der Waals surface area contributed by atoms with Gasteiger partial charge in [0.25, 0.3) is 5.91 Å². The van der Waals surface area contributed by atoms with Crippen molar-refractivity contribution in [1.29, 1.82) is 0 Å². The van der Waals surface area contributed by atoms with Gasteiger partial charge < -0.3 is 24.3 Å². The second kappa shape index (κ2) is 10.0. The number of esters is 1. The van der Waals surface area contributed by atoms with Crippen molar-refractivity contribution < 1.29 is 28.5 Å². The topological polar surface area (TPSA) is 83.1 Å². The Labute approximate surface area is 174 Å². The smallest absolute Gasteiger partial charge is 0.311 e. The number of anilines is 1. The molecule has 0 saturated heterocycles. The maximum absolute atomic E-state index is 12.5. The fourth-order valence-electron chi connectivity index (χ4n) is 2.61. The van der Waals surface area contributed by atoms with Crippen molar-refractivity contribution in [2.75, 3.05) is 26.6 Å². The number of ether oxygens (including phenoxy) is 4. The van der Waals surface area contributed by atoms with Gasteiger partial charge in [0.1, 0.15) is 17.2 Å². The number of nitrogens with one attached hydrogen (secondary N) is 1.